The summed E-state index contributed by atoms with van der Waals surface area (Å²) in [4.78, 5) is 8.88. The van der Waals surface area contributed by atoms with Crippen LogP contribution in [0.25, 0.3) is 0 Å². The predicted molar refractivity (Wildman–Crippen MR) is 36.4 cm³/mol. The fourth-order valence-corrected chi connectivity index (χ4v) is 0.314. The maximum absolute atomic E-state index is 9.59. The summed E-state index contributed by atoms with van der Waals surface area (Å²) in [5.74, 6) is 0. The van der Waals surface area contributed by atoms with E-state index < -0.39 is 8.72 Å². The molecule has 0 fully saturated rings. The van der Waals surface area contributed by atoms with Crippen LogP contribution in [0.1, 0.15) is 0 Å². The summed E-state index contributed by atoms with van der Waals surface area (Å²) in [5.41, 5.74) is 0. The van der Waals surface area contributed by atoms with Crippen LogP contribution in [-0.4, -0.2) is 8.72 Å². The summed E-state index contributed by atoms with van der Waals surface area (Å²) in [6, 6.07) is 0. The molecule has 0 aliphatic heterocycles. The number of hydrogen-bond acceptors (Lipinski definition) is 2. The van der Waals surface area contributed by atoms with Gasteiger partial charge in [-0.25, -0.2) is 0 Å². The third-order valence-electron chi connectivity index (χ3n) is 0.385. The Bertz CT molecular complexity index is 138. The summed E-state index contributed by atoms with van der Waals surface area (Å²) in [6.07, 6.45) is 1.44. The highest BCUT2D eigenvalue weighted by Gasteiger charge is 2.15. The molecule has 9 heavy (non-hydrogen) atoms. The Morgan fingerprint density at radius 1 is 1.44 bits per heavy atom. The van der Waals surface area contributed by atoms with Gasteiger partial charge in [0.2, 0.25) is 9.99 Å². The van der Waals surface area contributed by atoms with Gasteiger partial charge in [-0.05, 0) is 0 Å². The van der Waals surface area contributed by atoms with E-state index in [1.54, 1.807) is 0 Å². The highest BCUT2D eigenvalue weighted by Crippen LogP contribution is 2.26. The van der Waals surface area contributed by atoms with Crippen LogP contribution in [0.15, 0.2) is 12.3 Å². The third kappa shape index (κ3) is 8.01. The van der Waals surface area contributed by atoms with E-state index in [1.807, 2.05) is 0 Å². The number of hydrogen-bond donors (Lipinski definition) is 0. The van der Waals surface area contributed by atoms with Gasteiger partial charge in [-0.15, -0.1) is 0 Å². The van der Waals surface area contributed by atoms with Gasteiger partial charge in [0, 0.05) is 6.08 Å². The number of nitro groups is 1. The van der Waals surface area contributed by atoms with Crippen molar-refractivity contribution in [2.75, 3.05) is 0 Å². The number of alkyl halides is 3. The minimum Gasteiger partial charge on any atom is -0.259 e. The lowest BCUT2D eigenvalue weighted by Crippen LogP contribution is -1.96. The number of nitrogens with zero attached hydrogens (tertiary/aromatic N) is 1. The molecule has 0 saturated heterocycles. The van der Waals surface area contributed by atoms with E-state index in [0.717, 1.165) is 6.08 Å². The molecular weight excluding hydrogens is 188 g/mol. The lowest BCUT2D eigenvalue weighted by Gasteiger charge is -1.97. The zero-order chi connectivity index (χ0) is 7.49. The van der Waals surface area contributed by atoms with Gasteiger partial charge >= 0.3 is 0 Å². The average Bonchev–Trinajstić information content (AvgIpc) is 1.59. The van der Waals surface area contributed by atoms with Crippen LogP contribution in [0.2, 0.25) is 0 Å². The van der Waals surface area contributed by atoms with Gasteiger partial charge in [-0.3, -0.25) is 10.1 Å². The second-order valence-electron chi connectivity index (χ2n) is 1.14. The molecule has 0 aromatic rings. The molecule has 3 nitrogen and oxygen atoms in total. The van der Waals surface area contributed by atoms with E-state index >= 15 is 0 Å². The largest absolute Gasteiger partial charge is 0.259 e. The zero-order valence-corrected chi connectivity index (χ0v) is 6.32. The minimum atomic E-state index is -1.67. The smallest absolute Gasteiger partial charge is 0.234 e. The molecule has 0 unspecified atom stereocenters. The Morgan fingerprint density at radius 2 is 1.89 bits per heavy atom. The van der Waals surface area contributed by atoms with Crippen LogP contribution in [0.4, 0.5) is 0 Å². The second-order valence-corrected chi connectivity index (χ2v) is 3.51. The van der Waals surface area contributed by atoms with Gasteiger partial charge in [0.05, 0.1) is 4.92 Å². The lowest BCUT2D eigenvalue weighted by molar-refractivity contribution is -0.402. The minimum absolute atomic E-state index is 0.576. The highest BCUT2D eigenvalue weighted by atomic mass is 35.6. The molecule has 0 atom stereocenters. The molecule has 0 heterocycles. The van der Waals surface area contributed by atoms with Crippen LogP contribution in [0.3, 0.4) is 0 Å². The Kier molecular flexibility index (Phi) is 3.25. The maximum atomic E-state index is 9.59. The van der Waals surface area contributed by atoms with E-state index in [-0.39, 0.29) is 0 Å². The van der Waals surface area contributed by atoms with Crippen molar-refractivity contribution in [2.45, 2.75) is 3.79 Å². The molecule has 0 spiro atoms. The van der Waals surface area contributed by atoms with Gasteiger partial charge in [0.1, 0.15) is 0 Å². The van der Waals surface area contributed by atoms with E-state index in [1.165, 1.54) is 0 Å². The molecule has 0 bridgehead atoms. The molecule has 0 aromatic heterocycles. The first kappa shape index (κ1) is 9.01. The quantitative estimate of drug-likeness (QED) is 0.361. The van der Waals surface area contributed by atoms with Crippen molar-refractivity contribution in [3.05, 3.63) is 22.4 Å². The molecule has 6 heteroatoms. The normalized spacial score (nSPS) is 12.3. The number of rotatable bonds is 1. The Morgan fingerprint density at radius 3 is 2.00 bits per heavy atom. The molecule has 0 N–H and O–H groups in total. The average molecular weight is 190 g/mol. The number of allylic oxidation sites excluding steroid dienone is 1. The molecule has 0 amide bonds. The van der Waals surface area contributed by atoms with Crippen LogP contribution in [-0.2, 0) is 0 Å². The van der Waals surface area contributed by atoms with Crippen molar-refractivity contribution in [1.82, 2.24) is 0 Å². The number of halogens is 3. The Labute approximate surface area is 66.3 Å². The second kappa shape index (κ2) is 3.25. The standard InChI is InChI=1S/C3H2Cl3NO2/c4-3(5,6)1-2-7(8)9/h1-2H/b2-1-. The van der Waals surface area contributed by atoms with E-state index in [2.05, 4.69) is 0 Å². The van der Waals surface area contributed by atoms with E-state index in [4.69, 9.17) is 34.8 Å². The molecule has 0 rings (SSSR count). The van der Waals surface area contributed by atoms with Gasteiger partial charge in [0.25, 0.3) is 0 Å². The highest BCUT2D eigenvalue weighted by molar-refractivity contribution is 6.68. The van der Waals surface area contributed by atoms with Crippen molar-refractivity contribution in [3.8, 4) is 0 Å². The van der Waals surface area contributed by atoms with Crippen molar-refractivity contribution in [3.63, 3.8) is 0 Å². The fraction of sp³-hybridized carbons (Fsp3) is 0.333. The lowest BCUT2D eigenvalue weighted by atomic mass is 10.7. The predicted octanol–water partition coefficient (Wildman–Crippen LogP) is 2.15. The van der Waals surface area contributed by atoms with Gasteiger partial charge in [0.15, 0.2) is 0 Å². The zero-order valence-electron chi connectivity index (χ0n) is 4.05. The third-order valence-corrected chi connectivity index (χ3v) is 0.763. The molecule has 0 aromatic carbocycles. The first-order chi connectivity index (χ1) is 3.92. The Balaban J connectivity index is 3.86. The first-order valence-electron chi connectivity index (χ1n) is 1.81. The fourth-order valence-electron chi connectivity index (χ4n) is 0.145. The molecule has 0 aliphatic carbocycles. The van der Waals surface area contributed by atoms with Gasteiger partial charge < -0.3 is 0 Å². The molecular formula is C3H2Cl3NO2. The molecule has 0 aliphatic rings. The van der Waals surface area contributed by atoms with Crippen molar-refractivity contribution < 1.29 is 4.92 Å². The van der Waals surface area contributed by atoms with Crippen LogP contribution in [0, 0.1) is 10.1 Å². The van der Waals surface area contributed by atoms with Crippen molar-refractivity contribution in [1.29, 1.82) is 0 Å². The van der Waals surface area contributed by atoms with Gasteiger partial charge in [-0.2, -0.15) is 0 Å². The molecule has 52 valence electrons. The monoisotopic (exact) mass is 189 g/mol. The summed E-state index contributed by atoms with van der Waals surface area (Å²) in [5, 5.41) is 9.59. The van der Waals surface area contributed by atoms with E-state index in [0.29, 0.717) is 6.20 Å². The van der Waals surface area contributed by atoms with Gasteiger partial charge in [-0.1, -0.05) is 34.8 Å². The maximum Gasteiger partial charge on any atom is 0.234 e. The van der Waals surface area contributed by atoms with Crippen LogP contribution in [0.5, 0.6) is 0 Å². The topological polar surface area (TPSA) is 43.1 Å². The SMILES string of the molecule is O=[N+]([O-])/C=C\C(Cl)(Cl)Cl. The summed E-state index contributed by atoms with van der Waals surface area (Å²) < 4.78 is -1.67. The van der Waals surface area contributed by atoms with Crippen LogP contribution < -0.4 is 0 Å². The summed E-state index contributed by atoms with van der Waals surface area (Å²) in [7, 11) is 0. The van der Waals surface area contributed by atoms with Crippen molar-refractivity contribution in [2.24, 2.45) is 0 Å². The molecule has 0 radical (unpaired) electrons. The molecule has 0 saturated carbocycles. The summed E-state index contributed by atoms with van der Waals surface area (Å²) in [6.45, 7) is 0. The van der Waals surface area contributed by atoms with Crippen molar-refractivity contribution >= 4 is 34.8 Å². The van der Waals surface area contributed by atoms with E-state index in [9.17, 15) is 10.1 Å². The summed E-state index contributed by atoms with van der Waals surface area (Å²) >= 11 is 15.4. The first-order valence-corrected chi connectivity index (χ1v) is 2.95. The van der Waals surface area contributed by atoms with Crippen LogP contribution >= 0.6 is 34.8 Å². The Hall–Kier alpha value is 0.01000.